The van der Waals surface area contributed by atoms with Crippen molar-refractivity contribution in [1.29, 1.82) is 5.26 Å². The van der Waals surface area contributed by atoms with Gasteiger partial charge in [0.05, 0.1) is 11.8 Å². The van der Waals surface area contributed by atoms with Gasteiger partial charge < -0.3 is 16.2 Å². The zero-order valence-corrected chi connectivity index (χ0v) is 10.1. The first-order valence-corrected chi connectivity index (χ1v) is 5.61. The van der Waals surface area contributed by atoms with E-state index in [1.165, 1.54) is 0 Å². The van der Waals surface area contributed by atoms with E-state index in [0.717, 1.165) is 6.42 Å². The molecule has 0 bridgehead atoms. The maximum Gasteiger partial charge on any atom is 0.165 e. The molecule has 1 unspecified atom stereocenters. The van der Waals surface area contributed by atoms with Crippen molar-refractivity contribution in [3.8, 4) is 6.07 Å². The third kappa shape index (κ3) is 4.29. The van der Waals surface area contributed by atoms with Crippen molar-refractivity contribution in [2.75, 3.05) is 17.6 Å². The van der Waals surface area contributed by atoms with E-state index in [-0.39, 0.29) is 5.69 Å². The van der Waals surface area contributed by atoms with E-state index in [9.17, 15) is 5.11 Å². The molecule has 0 aliphatic heterocycles. The molecule has 1 atom stereocenters. The molecule has 0 fully saturated rings. The first kappa shape index (κ1) is 13.3. The van der Waals surface area contributed by atoms with Crippen molar-refractivity contribution in [3.05, 3.63) is 17.8 Å². The molecule has 4 N–H and O–H groups in total. The van der Waals surface area contributed by atoms with Gasteiger partial charge in [0.2, 0.25) is 0 Å². The molecular weight excluding hydrogens is 216 g/mol. The zero-order valence-electron chi connectivity index (χ0n) is 10.1. The van der Waals surface area contributed by atoms with Crippen LogP contribution in [0.3, 0.4) is 0 Å². The number of nitrogens with zero attached hydrogens (tertiary/aromatic N) is 2. The van der Waals surface area contributed by atoms with Crippen LogP contribution in [0.2, 0.25) is 0 Å². The minimum Gasteiger partial charge on any atom is -0.396 e. The van der Waals surface area contributed by atoms with Crippen LogP contribution >= 0.6 is 0 Å². The Hall–Kier alpha value is -1.80. The number of aliphatic hydroxyl groups is 1. The highest BCUT2D eigenvalue weighted by Gasteiger charge is 2.07. The van der Waals surface area contributed by atoms with E-state index in [0.29, 0.717) is 24.0 Å². The third-order valence-corrected chi connectivity index (χ3v) is 2.29. The van der Waals surface area contributed by atoms with Crippen molar-refractivity contribution in [1.82, 2.24) is 4.98 Å². The Morgan fingerprint density at radius 3 is 2.82 bits per heavy atom. The lowest BCUT2D eigenvalue weighted by Crippen LogP contribution is -2.21. The molecule has 0 radical (unpaired) electrons. The van der Waals surface area contributed by atoms with Crippen LogP contribution in [0.4, 0.5) is 11.5 Å². The number of nitrogens with two attached hydrogens (primary N) is 1. The van der Waals surface area contributed by atoms with Crippen LogP contribution in [0.25, 0.3) is 0 Å². The summed E-state index contributed by atoms with van der Waals surface area (Å²) in [5.41, 5.74) is 6.12. The molecule has 0 aromatic carbocycles. The molecule has 17 heavy (non-hydrogen) atoms. The summed E-state index contributed by atoms with van der Waals surface area (Å²) in [5.74, 6) is 0.999. The molecule has 5 heteroatoms. The maximum absolute atomic E-state index is 9.68. The quantitative estimate of drug-likeness (QED) is 0.715. The van der Waals surface area contributed by atoms with Gasteiger partial charge in [0.15, 0.2) is 5.69 Å². The van der Waals surface area contributed by atoms with Crippen molar-refractivity contribution in [3.63, 3.8) is 0 Å². The number of hydrogen-bond donors (Lipinski definition) is 3. The predicted molar refractivity (Wildman–Crippen MR) is 67.3 cm³/mol. The lowest BCUT2D eigenvalue weighted by molar-refractivity contribution is 0.161. The molecule has 0 amide bonds. The lowest BCUT2D eigenvalue weighted by Gasteiger charge is -2.14. The highest BCUT2D eigenvalue weighted by atomic mass is 16.3. The molecule has 1 rings (SSSR count). The predicted octanol–water partition coefficient (Wildman–Crippen LogP) is 1.35. The second-order valence-corrected chi connectivity index (χ2v) is 4.41. The Balaban J connectivity index is 2.55. The van der Waals surface area contributed by atoms with Gasteiger partial charge in [0, 0.05) is 6.54 Å². The Bertz CT molecular complexity index is 411. The smallest absolute Gasteiger partial charge is 0.165 e. The average molecular weight is 234 g/mol. The fourth-order valence-electron chi connectivity index (χ4n) is 1.51. The normalized spacial score (nSPS) is 12.2. The number of aliphatic hydroxyl groups excluding tert-OH is 1. The Morgan fingerprint density at radius 2 is 2.24 bits per heavy atom. The summed E-state index contributed by atoms with van der Waals surface area (Å²) in [6.07, 6.45) is 0.312. The molecule has 1 aromatic heterocycles. The largest absolute Gasteiger partial charge is 0.396 e. The van der Waals surface area contributed by atoms with Crippen LogP contribution in [0.15, 0.2) is 12.1 Å². The number of nitrogen functional groups attached to an aromatic ring is 1. The van der Waals surface area contributed by atoms with E-state index in [1.807, 2.05) is 6.07 Å². The highest BCUT2D eigenvalue weighted by Crippen LogP contribution is 2.12. The summed E-state index contributed by atoms with van der Waals surface area (Å²) in [4.78, 5) is 4.03. The number of pyridine rings is 1. The maximum atomic E-state index is 9.68. The van der Waals surface area contributed by atoms with E-state index < -0.39 is 6.10 Å². The summed E-state index contributed by atoms with van der Waals surface area (Å²) >= 11 is 0. The standard InChI is InChI=1S/C12H18N4O/c1-8(2)5-9(17)7-15-12-4-3-10(14)11(6-13)16-12/h3-4,8-9,17H,5,7,14H2,1-2H3,(H,15,16). The topological polar surface area (TPSA) is 95.0 Å². The van der Waals surface area contributed by atoms with Crippen molar-refractivity contribution < 1.29 is 5.11 Å². The van der Waals surface area contributed by atoms with Crippen molar-refractivity contribution in [2.24, 2.45) is 5.92 Å². The molecular formula is C12H18N4O. The molecule has 0 spiro atoms. The molecule has 92 valence electrons. The molecule has 5 nitrogen and oxygen atoms in total. The van der Waals surface area contributed by atoms with Crippen molar-refractivity contribution >= 4 is 11.5 Å². The van der Waals surface area contributed by atoms with Gasteiger partial charge in [-0.1, -0.05) is 13.8 Å². The number of hydrogen-bond acceptors (Lipinski definition) is 5. The SMILES string of the molecule is CC(C)CC(O)CNc1ccc(N)c(C#N)n1. The molecule has 0 saturated heterocycles. The molecule has 0 aliphatic rings. The number of anilines is 2. The molecule has 1 heterocycles. The van der Waals surface area contributed by atoms with Crippen LogP contribution in [-0.4, -0.2) is 22.7 Å². The average Bonchev–Trinajstić information content (AvgIpc) is 2.27. The summed E-state index contributed by atoms with van der Waals surface area (Å²) in [5, 5.41) is 21.4. The summed E-state index contributed by atoms with van der Waals surface area (Å²) in [6, 6.07) is 5.24. The highest BCUT2D eigenvalue weighted by molar-refractivity contribution is 5.54. The van der Waals surface area contributed by atoms with Crippen LogP contribution in [-0.2, 0) is 0 Å². The van der Waals surface area contributed by atoms with Crippen LogP contribution in [0.1, 0.15) is 26.0 Å². The number of nitrogens with one attached hydrogen (secondary N) is 1. The minimum absolute atomic E-state index is 0.202. The van der Waals surface area contributed by atoms with Gasteiger partial charge in [-0.05, 0) is 24.5 Å². The minimum atomic E-state index is -0.417. The van der Waals surface area contributed by atoms with Gasteiger partial charge in [0.25, 0.3) is 0 Å². The monoisotopic (exact) mass is 234 g/mol. The van der Waals surface area contributed by atoms with Gasteiger partial charge >= 0.3 is 0 Å². The van der Waals surface area contributed by atoms with Gasteiger partial charge in [-0.15, -0.1) is 0 Å². The van der Waals surface area contributed by atoms with Crippen LogP contribution < -0.4 is 11.1 Å². The van der Waals surface area contributed by atoms with Gasteiger partial charge in [0.1, 0.15) is 11.9 Å². The van der Waals surface area contributed by atoms with E-state index >= 15 is 0 Å². The Kier molecular flexibility index (Phi) is 4.73. The van der Waals surface area contributed by atoms with E-state index in [1.54, 1.807) is 12.1 Å². The van der Waals surface area contributed by atoms with E-state index in [4.69, 9.17) is 11.0 Å². The lowest BCUT2D eigenvalue weighted by atomic mass is 10.1. The summed E-state index contributed by atoms with van der Waals surface area (Å²) < 4.78 is 0. The number of nitriles is 1. The zero-order chi connectivity index (χ0) is 12.8. The van der Waals surface area contributed by atoms with Gasteiger partial charge in [-0.25, -0.2) is 4.98 Å². The third-order valence-electron chi connectivity index (χ3n) is 2.29. The van der Waals surface area contributed by atoms with Gasteiger partial charge in [-0.3, -0.25) is 0 Å². The Morgan fingerprint density at radius 1 is 1.53 bits per heavy atom. The number of aromatic nitrogens is 1. The second kappa shape index (κ2) is 6.06. The first-order chi connectivity index (χ1) is 8.02. The first-order valence-electron chi connectivity index (χ1n) is 5.61. The van der Waals surface area contributed by atoms with Gasteiger partial charge in [-0.2, -0.15) is 5.26 Å². The van der Waals surface area contributed by atoms with Crippen LogP contribution in [0.5, 0.6) is 0 Å². The fourth-order valence-corrected chi connectivity index (χ4v) is 1.51. The van der Waals surface area contributed by atoms with Crippen LogP contribution in [0, 0.1) is 17.2 Å². The summed E-state index contributed by atoms with van der Waals surface area (Å²) in [7, 11) is 0. The molecule has 0 saturated carbocycles. The summed E-state index contributed by atoms with van der Waals surface area (Å²) in [6.45, 7) is 4.52. The number of rotatable bonds is 5. The van der Waals surface area contributed by atoms with E-state index in [2.05, 4.69) is 24.1 Å². The fraction of sp³-hybridized carbons (Fsp3) is 0.500. The van der Waals surface area contributed by atoms with Crippen molar-refractivity contribution in [2.45, 2.75) is 26.4 Å². The Labute approximate surface area is 101 Å². The second-order valence-electron chi connectivity index (χ2n) is 4.41. The molecule has 1 aromatic rings. The molecule has 0 aliphatic carbocycles.